The van der Waals surface area contributed by atoms with Crippen LogP contribution in [0.4, 0.5) is 0 Å². The Balaban J connectivity index is 2.31. The van der Waals surface area contributed by atoms with Gasteiger partial charge in [0.1, 0.15) is 0 Å². The molecule has 0 spiro atoms. The molecule has 0 radical (unpaired) electrons. The summed E-state index contributed by atoms with van der Waals surface area (Å²) in [5.74, 6) is 0.288. The second-order valence-corrected chi connectivity index (χ2v) is 3.75. The minimum absolute atomic E-state index is 0.288. The molecule has 0 atom stereocenters. The van der Waals surface area contributed by atoms with Gasteiger partial charge in [-0.25, -0.2) is 0 Å². The summed E-state index contributed by atoms with van der Waals surface area (Å²) in [5.41, 5.74) is 5.36. The molecule has 0 aromatic heterocycles. The number of nitrogens with two attached hydrogens (primary N) is 1. The molecule has 1 heterocycles. The molecule has 1 saturated heterocycles. The number of amidine groups is 1. The van der Waals surface area contributed by atoms with Crippen molar-refractivity contribution in [3.63, 3.8) is 0 Å². The van der Waals surface area contributed by atoms with Gasteiger partial charge in [0, 0.05) is 32.2 Å². The highest BCUT2D eigenvalue weighted by atomic mass is 16.5. The van der Waals surface area contributed by atoms with E-state index in [0.29, 0.717) is 12.5 Å². The molecule has 14 heavy (non-hydrogen) atoms. The molecule has 4 heteroatoms. The van der Waals surface area contributed by atoms with E-state index in [4.69, 9.17) is 15.9 Å². The molecule has 0 aromatic rings. The van der Waals surface area contributed by atoms with Crippen LogP contribution in [0.5, 0.6) is 0 Å². The van der Waals surface area contributed by atoms with Gasteiger partial charge in [0.05, 0.1) is 5.84 Å². The molecular formula is C10H21N3O. The van der Waals surface area contributed by atoms with E-state index in [0.717, 1.165) is 39.1 Å². The lowest BCUT2D eigenvalue weighted by atomic mass is 10.1. The molecule has 0 saturated carbocycles. The molecule has 0 aliphatic carbocycles. The molecule has 1 aliphatic rings. The Morgan fingerprint density at radius 2 is 2.14 bits per heavy atom. The third kappa shape index (κ3) is 3.64. The average molecular weight is 199 g/mol. The molecule has 1 rings (SSSR count). The minimum atomic E-state index is 0.288. The smallest absolute Gasteiger partial charge is 0.0918 e. The maximum Gasteiger partial charge on any atom is 0.0918 e. The molecule has 3 N–H and O–H groups in total. The quantitative estimate of drug-likeness (QED) is 0.509. The van der Waals surface area contributed by atoms with E-state index in [2.05, 4.69) is 11.8 Å². The standard InChI is InChI=1S/C10H21N3O/c1-2-13(6-3-10(11)12)9-4-7-14-8-5-9/h9H,2-8H2,1H3,(H3,11,12). The summed E-state index contributed by atoms with van der Waals surface area (Å²) < 4.78 is 5.33. The van der Waals surface area contributed by atoms with Crippen LogP contribution in [0.2, 0.25) is 0 Å². The third-order valence-corrected chi connectivity index (χ3v) is 2.78. The second kappa shape index (κ2) is 5.98. The van der Waals surface area contributed by atoms with Gasteiger partial charge in [-0.05, 0) is 19.4 Å². The van der Waals surface area contributed by atoms with Crippen molar-refractivity contribution in [1.82, 2.24) is 4.90 Å². The largest absolute Gasteiger partial charge is 0.388 e. The fraction of sp³-hybridized carbons (Fsp3) is 0.900. The second-order valence-electron chi connectivity index (χ2n) is 3.75. The monoisotopic (exact) mass is 199 g/mol. The van der Waals surface area contributed by atoms with Crippen molar-refractivity contribution in [2.24, 2.45) is 5.73 Å². The lowest BCUT2D eigenvalue weighted by Gasteiger charge is -2.33. The summed E-state index contributed by atoms with van der Waals surface area (Å²) in [4.78, 5) is 2.41. The Bertz CT molecular complexity index is 178. The molecule has 1 aliphatic heterocycles. The van der Waals surface area contributed by atoms with E-state index < -0.39 is 0 Å². The zero-order chi connectivity index (χ0) is 10.4. The molecule has 1 fully saturated rings. The van der Waals surface area contributed by atoms with Crippen LogP contribution in [-0.4, -0.2) is 43.1 Å². The van der Waals surface area contributed by atoms with Gasteiger partial charge in [-0.15, -0.1) is 0 Å². The van der Waals surface area contributed by atoms with E-state index in [1.807, 2.05) is 0 Å². The first kappa shape index (κ1) is 11.5. The maximum absolute atomic E-state index is 7.20. The van der Waals surface area contributed by atoms with Gasteiger partial charge >= 0.3 is 0 Å². The Kier molecular flexibility index (Phi) is 4.90. The van der Waals surface area contributed by atoms with Gasteiger partial charge in [-0.3, -0.25) is 5.41 Å². The SMILES string of the molecule is CCN(CCC(=N)N)C1CCOCC1. The van der Waals surface area contributed by atoms with Crippen molar-refractivity contribution in [2.45, 2.75) is 32.2 Å². The van der Waals surface area contributed by atoms with E-state index >= 15 is 0 Å². The van der Waals surface area contributed by atoms with Crippen LogP contribution in [-0.2, 0) is 4.74 Å². The minimum Gasteiger partial charge on any atom is -0.388 e. The van der Waals surface area contributed by atoms with Crippen LogP contribution in [0.15, 0.2) is 0 Å². The lowest BCUT2D eigenvalue weighted by molar-refractivity contribution is 0.0368. The van der Waals surface area contributed by atoms with Gasteiger partial charge in [0.2, 0.25) is 0 Å². The molecule has 0 unspecified atom stereocenters. The van der Waals surface area contributed by atoms with Gasteiger partial charge in [0.15, 0.2) is 0 Å². The van der Waals surface area contributed by atoms with Crippen LogP contribution >= 0.6 is 0 Å². The van der Waals surface area contributed by atoms with Crippen molar-refractivity contribution in [1.29, 1.82) is 5.41 Å². The summed E-state index contributed by atoms with van der Waals surface area (Å²) in [6.45, 7) is 5.87. The van der Waals surface area contributed by atoms with Gasteiger partial charge < -0.3 is 15.4 Å². The Morgan fingerprint density at radius 3 is 2.64 bits per heavy atom. The Labute approximate surface area is 85.9 Å². The van der Waals surface area contributed by atoms with Crippen molar-refractivity contribution < 1.29 is 4.74 Å². The van der Waals surface area contributed by atoms with Crippen LogP contribution in [0, 0.1) is 5.41 Å². The highest BCUT2D eigenvalue weighted by Gasteiger charge is 2.19. The van der Waals surface area contributed by atoms with Crippen molar-refractivity contribution in [3.8, 4) is 0 Å². The number of hydrogen-bond acceptors (Lipinski definition) is 3. The molecule has 0 amide bonds. The number of hydrogen-bond donors (Lipinski definition) is 2. The normalized spacial score (nSPS) is 18.7. The van der Waals surface area contributed by atoms with Crippen molar-refractivity contribution in [3.05, 3.63) is 0 Å². The first-order chi connectivity index (χ1) is 6.74. The lowest BCUT2D eigenvalue weighted by Crippen LogP contribution is -2.40. The number of ether oxygens (including phenoxy) is 1. The summed E-state index contributed by atoms with van der Waals surface area (Å²) >= 11 is 0. The predicted octanol–water partition coefficient (Wildman–Crippen LogP) is 0.813. The molecule has 82 valence electrons. The highest BCUT2D eigenvalue weighted by molar-refractivity contribution is 5.76. The fourth-order valence-electron chi connectivity index (χ4n) is 1.91. The van der Waals surface area contributed by atoms with Gasteiger partial charge in [0.25, 0.3) is 0 Å². The highest BCUT2D eigenvalue weighted by Crippen LogP contribution is 2.14. The van der Waals surface area contributed by atoms with Crippen molar-refractivity contribution in [2.75, 3.05) is 26.3 Å². The molecule has 0 bridgehead atoms. The zero-order valence-electron chi connectivity index (χ0n) is 8.96. The van der Waals surface area contributed by atoms with Crippen molar-refractivity contribution >= 4 is 5.84 Å². The average Bonchev–Trinajstić information content (AvgIpc) is 2.20. The number of nitrogens with one attached hydrogen (secondary N) is 1. The Morgan fingerprint density at radius 1 is 1.50 bits per heavy atom. The topological polar surface area (TPSA) is 62.3 Å². The van der Waals surface area contributed by atoms with E-state index in [-0.39, 0.29) is 5.84 Å². The Hall–Kier alpha value is -0.610. The number of rotatable bonds is 5. The fourth-order valence-corrected chi connectivity index (χ4v) is 1.91. The van der Waals surface area contributed by atoms with Crippen LogP contribution in [0.3, 0.4) is 0 Å². The molecular weight excluding hydrogens is 178 g/mol. The summed E-state index contributed by atoms with van der Waals surface area (Å²) in [6.07, 6.45) is 2.92. The first-order valence-corrected chi connectivity index (χ1v) is 5.38. The number of nitrogens with zero attached hydrogens (tertiary/aromatic N) is 1. The third-order valence-electron chi connectivity index (χ3n) is 2.78. The van der Waals surface area contributed by atoms with E-state index in [1.54, 1.807) is 0 Å². The van der Waals surface area contributed by atoms with Crippen LogP contribution < -0.4 is 5.73 Å². The molecule has 4 nitrogen and oxygen atoms in total. The van der Waals surface area contributed by atoms with E-state index in [9.17, 15) is 0 Å². The molecule has 0 aromatic carbocycles. The van der Waals surface area contributed by atoms with Crippen LogP contribution in [0.25, 0.3) is 0 Å². The maximum atomic E-state index is 7.20. The van der Waals surface area contributed by atoms with Gasteiger partial charge in [-0.2, -0.15) is 0 Å². The summed E-state index contributed by atoms with van der Waals surface area (Å²) in [5, 5.41) is 7.20. The van der Waals surface area contributed by atoms with Crippen LogP contribution in [0.1, 0.15) is 26.2 Å². The van der Waals surface area contributed by atoms with E-state index in [1.165, 1.54) is 0 Å². The summed E-state index contributed by atoms with van der Waals surface area (Å²) in [6, 6.07) is 0.632. The zero-order valence-corrected chi connectivity index (χ0v) is 8.96. The first-order valence-electron chi connectivity index (χ1n) is 5.38. The predicted molar refractivity (Wildman–Crippen MR) is 57.6 cm³/mol. The summed E-state index contributed by atoms with van der Waals surface area (Å²) in [7, 11) is 0. The van der Waals surface area contributed by atoms with Gasteiger partial charge in [-0.1, -0.05) is 6.92 Å².